The number of hydrogen-bond donors (Lipinski definition) is 0. The normalized spacial score (nSPS) is 12.7. The van der Waals surface area contributed by atoms with E-state index < -0.39 is 6.10 Å². The first-order chi connectivity index (χ1) is 28.5. The summed E-state index contributed by atoms with van der Waals surface area (Å²) in [6.07, 6.45) is 57.5. The SMILES string of the molecule is CC/C=C\C/C=C\C/C=C\C/C=C\CCCCCC(=O)OCC(COC(=O)CCCC/C=C\C/C=C\CC)OC(=O)CCCCCCCCCCCCCCCCC. The average molecular weight is 809 g/mol. The fraction of sp³-hybridized carbons (Fsp3) is 0.712. The van der Waals surface area contributed by atoms with Gasteiger partial charge >= 0.3 is 17.9 Å². The van der Waals surface area contributed by atoms with Crippen molar-refractivity contribution in [1.82, 2.24) is 0 Å². The Morgan fingerprint density at radius 3 is 1.09 bits per heavy atom. The number of esters is 3. The zero-order chi connectivity index (χ0) is 42.3. The van der Waals surface area contributed by atoms with Gasteiger partial charge in [0.15, 0.2) is 6.10 Å². The third-order valence-corrected chi connectivity index (χ3v) is 9.96. The predicted octanol–water partition coefficient (Wildman–Crippen LogP) is 15.5. The molecule has 0 saturated heterocycles. The summed E-state index contributed by atoms with van der Waals surface area (Å²) in [5.41, 5.74) is 0. The molecule has 58 heavy (non-hydrogen) atoms. The minimum atomic E-state index is -0.797. The Kier molecular flexibility index (Phi) is 44.0. The molecule has 6 nitrogen and oxygen atoms in total. The summed E-state index contributed by atoms with van der Waals surface area (Å²) in [5.74, 6) is -0.967. The van der Waals surface area contributed by atoms with Crippen molar-refractivity contribution < 1.29 is 28.6 Å². The lowest BCUT2D eigenvalue weighted by atomic mass is 10.0. The second-order valence-electron chi connectivity index (χ2n) is 15.6. The molecule has 0 spiro atoms. The fourth-order valence-corrected chi connectivity index (χ4v) is 6.41. The van der Waals surface area contributed by atoms with Gasteiger partial charge in [0.05, 0.1) is 0 Å². The van der Waals surface area contributed by atoms with Gasteiger partial charge in [-0.3, -0.25) is 14.4 Å². The van der Waals surface area contributed by atoms with E-state index in [1.807, 2.05) is 0 Å². The molecule has 0 amide bonds. The molecule has 1 unspecified atom stereocenters. The molecule has 0 aliphatic heterocycles. The van der Waals surface area contributed by atoms with Gasteiger partial charge in [-0.1, -0.05) is 190 Å². The number of carbonyl (C=O) groups excluding carboxylic acids is 3. The van der Waals surface area contributed by atoms with Crippen LogP contribution in [0.2, 0.25) is 0 Å². The first-order valence-corrected chi connectivity index (χ1v) is 23.9. The van der Waals surface area contributed by atoms with Crippen LogP contribution in [0, 0.1) is 0 Å². The molecule has 0 bridgehead atoms. The summed E-state index contributed by atoms with van der Waals surface area (Å²) in [7, 11) is 0. The van der Waals surface area contributed by atoms with E-state index in [0.29, 0.717) is 19.3 Å². The monoisotopic (exact) mass is 809 g/mol. The van der Waals surface area contributed by atoms with Crippen molar-refractivity contribution in [3.63, 3.8) is 0 Å². The van der Waals surface area contributed by atoms with E-state index in [1.165, 1.54) is 77.0 Å². The van der Waals surface area contributed by atoms with Crippen molar-refractivity contribution in [2.24, 2.45) is 0 Å². The average Bonchev–Trinajstić information content (AvgIpc) is 3.22. The summed E-state index contributed by atoms with van der Waals surface area (Å²) in [4.78, 5) is 37.8. The maximum atomic E-state index is 12.7. The van der Waals surface area contributed by atoms with Crippen LogP contribution in [-0.4, -0.2) is 37.2 Å². The molecule has 0 aromatic rings. The van der Waals surface area contributed by atoms with Crippen LogP contribution in [-0.2, 0) is 28.6 Å². The van der Waals surface area contributed by atoms with Crippen molar-refractivity contribution in [3.05, 3.63) is 72.9 Å². The Labute approximate surface area is 357 Å². The molecule has 6 heteroatoms. The van der Waals surface area contributed by atoms with Gasteiger partial charge in [-0.05, 0) is 83.5 Å². The third kappa shape index (κ3) is 44.0. The molecule has 0 saturated carbocycles. The van der Waals surface area contributed by atoms with Crippen LogP contribution in [0.25, 0.3) is 0 Å². The summed E-state index contributed by atoms with van der Waals surface area (Å²) in [6, 6.07) is 0. The fourth-order valence-electron chi connectivity index (χ4n) is 6.41. The molecule has 0 aliphatic carbocycles. The topological polar surface area (TPSA) is 78.9 Å². The van der Waals surface area contributed by atoms with E-state index in [0.717, 1.165) is 103 Å². The van der Waals surface area contributed by atoms with Gasteiger partial charge in [-0.15, -0.1) is 0 Å². The maximum Gasteiger partial charge on any atom is 0.306 e. The van der Waals surface area contributed by atoms with Crippen LogP contribution in [0.1, 0.15) is 220 Å². The number of hydrogen-bond acceptors (Lipinski definition) is 6. The number of carbonyl (C=O) groups is 3. The highest BCUT2D eigenvalue weighted by molar-refractivity contribution is 5.71. The van der Waals surface area contributed by atoms with Crippen molar-refractivity contribution >= 4 is 17.9 Å². The summed E-state index contributed by atoms with van der Waals surface area (Å²) >= 11 is 0. The Morgan fingerprint density at radius 2 is 0.672 bits per heavy atom. The minimum Gasteiger partial charge on any atom is -0.462 e. The number of allylic oxidation sites excluding steroid dienone is 12. The van der Waals surface area contributed by atoms with Crippen LogP contribution in [0.5, 0.6) is 0 Å². The van der Waals surface area contributed by atoms with Gasteiger partial charge in [-0.2, -0.15) is 0 Å². The molecule has 0 N–H and O–H groups in total. The lowest BCUT2D eigenvalue weighted by Gasteiger charge is -2.18. The van der Waals surface area contributed by atoms with E-state index in [-0.39, 0.29) is 31.1 Å². The van der Waals surface area contributed by atoms with Crippen LogP contribution in [0.15, 0.2) is 72.9 Å². The third-order valence-electron chi connectivity index (χ3n) is 9.96. The van der Waals surface area contributed by atoms with Crippen LogP contribution < -0.4 is 0 Å². The Balaban J connectivity index is 4.41. The lowest BCUT2D eigenvalue weighted by molar-refractivity contribution is -0.167. The van der Waals surface area contributed by atoms with Crippen molar-refractivity contribution in [2.75, 3.05) is 13.2 Å². The van der Waals surface area contributed by atoms with Gasteiger partial charge in [-0.25, -0.2) is 0 Å². The van der Waals surface area contributed by atoms with Gasteiger partial charge in [0.1, 0.15) is 13.2 Å². The maximum absolute atomic E-state index is 12.7. The van der Waals surface area contributed by atoms with Crippen molar-refractivity contribution in [2.45, 2.75) is 226 Å². The molecule has 0 fully saturated rings. The molecular formula is C52H88O6. The highest BCUT2D eigenvalue weighted by atomic mass is 16.6. The molecule has 1 atom stereocenters. The minimum absolute atomic E-state index is 0.101. The van der Waals surface area contributed by atoms with E-state index in [9.17, 15) is 14.4 Å². The molecule has 0 rings (SSSR count). The second-order valence-corrected chi connectivity index (χ2v) is 15.6. The number of rotatable bonds is 42. The van der Waals surface area contributed by atoms with Gasteiger partial charge in [0.2, 0.25) is 0 Å². The smallest absolute Gasteiger partial charge is 0.306 e. The summed E-state index contributed by atoms with van der Waals surface area (Å²) in [6.45, 7) is 6.33. The van der Waals surface area contributed by atoms with E-state index >= 15 is 0 Å². The molecule has 0 radical (unpaired) electrons. The van der Waals surface area contributed by atoms with Crippen molar-refractivity contribution in [3.8, 4) is 0 Å². The zero-order valence-electron chi connectivity index (χ0n) is 37.8. The molecule has 0 aliphatic rings. The van der Waals surface area contributed by atoms with E-state index in [2.05, 4.69) is 93.7 Å². The zero-order valence-corrected chi connectivity index (χ0v) is 37.8. The number of ether oxygens (including phenoxy) is 3. The highest BCUT2D eigenvalue weighted by Crippen LogP contribution is 2.15. The summed E-state index contributed by atoms with van der Waals surface area (Å²) < 4.78 is 16.7. The van der Waals surface area contributed by atoms with E-state index in [4.69, 9.17) is 14.2 Å². The molecule has 0 aromatic carbocycles. The first kappa shape index (κ1) is 54.9. The molecular weight excluding hydrogens is 721 g/mol. The van der Waals surface area contributed by atoms with Gasteiger partial charge < -0.3 is 14.2 Å². The number of unbranched alkanes of at least 4 members (excludes halogenated alkanes) is 19. The van der Waals surface area contributed by atoms with Crippen molar-refractivity contribution in [1.29, 1.82) is 0 Å². The first-order valence-electron chi connectivity index (χ1n) is 23.9. The van der Waals surface area contributed by atoms with Gasteiger partial charge in [0.25, 0.3) is 0 Å². The van der Waals surface area contributed by atoms with Crippen LogP contribution in [0.3, 0.4) is 0 Å². The molecule has 332 valence electrons. The Bertz CT molecular complexity index is 1110. The highest BCUT2D eigenvalue weighted by Gasteiger charge is 2.19. The van der Waals surface area contributed by atoms with E-state index in [1.54, 1.807) is 0 Å². The summed E-state index contributed by atoms with van der Waals surface area (Å²) in [5, 5.41) is 0. The lowest BCUT2D eigenvalue weighted by Crippen LogP contribution is -2.30. The standard InChI is InChI=1S/C52H88O6/c1-4-7-10-13-16-19-21-23-25-27-28-30-33-36-39-42-45-51(54)57-48-49(47-56-50(53)44-41-38-35-32-18-15-12-9-6-3)58-52(55)46-43-40-37-34-31-29-26-24-22-20-17-14-11-8-5-2/h7,9-10,12,16,18-19,23,25,28,30,32,49H,4-6,8,11,13-15,17,20-22,24,26-27,29,31,33-48H2,1-3H3/b10-7-,12-9-,19-16-,25-23-,30-28-,32-18-. The quantitative estimate of drug-likeness (QED) is 0.0264. The van der Waals surface area contributed by atoms with Gasteiger partial charge in [0, 0.05) is 19.3 Å². The largest absolute Gasteiger partial charge is 0.462 e. The van der Waals surface area contributed by atoms with Crippen LogP contribution in [0.4, 0.5) is 0 Å². The second kappa shape index (κ2) is 46.5. The predicted molar refractivity (Wildman–Crippen MR) is 247 cm³/mol. The Hall–Kier alpha value is -3.15. The Morgan fingerprint density at radius 1 is 0.362 bits per heavy atom. The van der Waals surface area contributed by atoms with Crippen LogP contribution >= 0.6 is 0 Å². The molecule has 0 heterocycles. The molecule has 0 aromatic heterocycles.